The van der Waals surface area contributed by atoms with Crippen LogP contribution in [0.2, 0.25) is 0 Å². The Balaban J connectivity index is 1.08. The molecule has 1 heterocycles. The SMILES string of the molecule is C1=Cc2c(c3cc4ccccc4cc3n2-c2ccccc2)C(c2cccc(N(c3cc(-c4ccccc4)cc(-c4ccccc4)c3)c3ccc4c(ccc5ccccc54)c3)c2)C1. The van der Waals surface area contributed by atoms with Gasteiger partial charge in [0, 0.05) is 34.1 Å². The fourth-order valence-electron chi connectivity index (χ4n) is 9.94. The zero-order valence-electron chi connectivity index (χ0n) is 34.2. The highest BCUT2D eigenvalue weighted by molar-refractivity contribution is 6.09. The van der Waals surface area contributed by atoms with Gasteiger partial charge in [-0.1, -0.05) is 164 Å². The number of hydrogen-bond acceptors (Lipinski definition) is 1. The van der Waals surface area contributed by atoms with Gasteiger partial charge in [-0.3, -0.25) is 0 Å². The zero-order chi connectivity index (χ0) is 41.0. The minimum atomic E-state index is 0.156. The smallest absolute Gasteiger partial charge is 0.0544 e. The number of fused-ring (bicyclic) bond motifs is 7. The van der Waals surface area contributed by atoms with Gasteiger partial charge in [-0.15, -0.1) is 0 Å². The molecule has 2 nitrogen and oxygen atoms in total. The van der Waals surface area contributed by atoms with E-state index in [0.717, 1.165) is 23.5 Å². The molecule has 0 radical (unpaired) electrons. The average molecular weight is 791 g/mol. The Bertz CT molecular complexity index is 3430. The van der Waals surface area contributed by atoms with Crippen LogP contribution in [-0.4, -0.2) is 4.57 Å². The fourth-order valence-corrected chi connectivity index (χ4v) is 9.94. The Kier molecular flexibility index (Phi) is 8.67. The van der Waals surface area contributed by atoms with Crippen LogP contribution in [0.15, 0.2) is 231 Å². The largest absolute Gasteiger partial charge is 0.310 e. The van der Waals surface area contributed by atoms with Crippen LogP contribution in [0.3, 0.4) is 0 Å². The number of aromatic nitrogens is 1. The van der Waals surface area contributed by atoms with Gasteiger partial charge in [0.25, 0.3) is 0 Å². The van der Waals surface area contributed by atoms with Gasteiger partial charge in [0.1, 0.15) is 0 Å². The number of anilines is 3. The summed E-state index contributed by atoms with van der Waals surface area (Å²) in [6.07, 6.45) is 5.64. The van der Waals surface area contributed by atoms with Crippen molar-refractivity contribution in [2.75, 3.05) is 4.90 Å². The van der Waals surface area contributed by atoms with Crippen LogP contribution in [0.4, 0.5) is 17.1 Å². The molecule has 12 rings (SSSR count). The molecule has 0 N–H and O–H groups in total. The maximum Gasteiger partial charge on any atom is 0.0544 e. The van der Waals surface area contributed by atoms with E-state index in [4.69, 9.17) is 0 Å². The first kappa shape index (κ1) is 36.0. The average Bonchev–Trinajstić information content (AvgIpc) is 3.67. The summed E-state index contributed by atoms with van der Waals surface area (Å²) in [5.74, 6) is 0.156. The Morgan fingerprint density at radius 3 is 1.74 bits per heavy atom. The monoisotopic (exact) mass is 790 g/mol. The van der Waals surface area contributed by atoms with E-state index in [9.17, 15) is 0 Å². The third-order valence-electron chi connectivity index (χ3n) is 12.8. The highest BCUT2D eigenvalue weighted by Gasteiger charge is 2.28. The second-order valence-electron chi connectivity index (χ2n) is 16.5. The molecule has 0 bridgehead atoms. The lowest BCUT2D eigenvalue weighted by atomic mass is 9.83. The van der Waals surface area contributed by atoms with Crippen LogP contribution in [0.5, 0.6) is 0 Å². The van der Waals surface area contributed by atoms with Crippen molar-refractivity contribution < 1.29 is 0 Å². The maximum atomic E-state index is 2.47. The minimum absolute atomic E-state index is 0.156. The van der Waals surface area contributed by atoms with E-state index in [2.05, 4.69) is 246 Å². The van der Waals surface area contributed by atoms with Gasteiger partial charge in [0.05, 0.1) is 11.2 Å². The van der Waals surface area contributed by atoms with Crippen LogP contribution in [0, 0.1) is 0 Å². The molecule has 2 heteroatoms. The quantitative estimate of drug-likeness (QED) is 0.146. The Morgan fingerprint density at radius 2 is 1.00 bits per heavy atom. The highest BCUT2D eigenvalue weighted by Crippen LogP contribution is 2.47. The first-order chi connectivity index (χ1) is 30.7. The van der Waals surface area contributed by atoms with Crippen molar-refractivity contribution in [3.05, 3.63) is 247 Å². The summed E-state index contributed by atoms with van der Waals surface area (Å²) >= 11 is 0. The van der Waals surface area contributed by atoms with Gasteiger partial charge < -0.3 is 9.47 Å². The first-order valence-electron chi connectivity index (χ1n) is 21.6. The van der Waals surface area contributed by atoms with E-state index < -0.39 is 0 Å². The van der Waals surface area contributed by atoms with Crippen LogP contribution in [0.25, 0.3) is 77.2 Å². The van der Waals surface area contributed by atoms with Gasteiger partial charge in [0.2, 0.25) is 0 Å². The van der Waals surface area contributed by atoms with E-state index in [1.54, 1.807) is 0 Å². The van der Waals surface area contributed by atoms with Crippen molar-refractivity contribution in [2.45, 2.75) is 12.3 Å². The summed E-state index contributed by atoms with van der Waals surface area (Å²) in [5.41, 5.74) is 14.4. The minimum Gasteiger partial charge on any atom is -0.310 e. The van der Waals surface area contributed by atoms with E-state index in [-0.39, 0.29) is 5.92 Å². The van der Waals surface area contributed by atoms with Crippen molar-refractivity contribution in [1.29, 1.82) is 0 Å². The Labute approximate surface area is 361 Å². The molecule has 0 aliphatic heterocycles. The number of allylic oxidation sites excluding steroid dienone is 1. The molecular formula is C60H42N2. The highest BCUT2D eigenvalue weighted by atomic mass is 15.1. The second-order valence-corrected chi connectivity index (χ2v) is 16.5. The Morgan fingerprint density at radius 1 is 0.387 bits per heavy atom. The summed E-state index contributed by atoms with van der Waals surface area (Å²) in [6.45, 7) is 0. The number of hydrogen-bond donors (Lipinski definition) is 0. The van der Waals surface area contributed by atoms with Crippen LogP contribution >= 0.6 is 0 Å². The first-order valence-corrected chi connectivity index (χ1v) is 21.6. The normalized spacial score (nSPS) is 13.5. The van der Waals surface area contributed by atoms with Crippen LogP contribution < -0.4 is 4.90 Å². The fraction of sp³-hybridized carbons (Fsp3) is 0.0333. The molecule has 0 saturated carbocycles. The standard InChI is InChI=1S/C60H42N2/c1-4-16-41(17-5-1)48-34-49(42-18-6-2-7-19-42)38-53(37-48)61(52-32-33-55-47(36-52)31-30-43-20-12-13-27-54(43)55)51-26-14-23-46(35-51)56-28-15-29-58-60(56)57-39-44-21-10-11-22-45(44)40-59(57)62(58)50-24-8-3-9-25-50/h1-27,29-40,56H,28H2. The van der Waals surface area contributed by atoms with E-state index in [1.807, 2.05) is 0 Å². The molecule has 0 fully saturated rings. The molecule has 10 aromatic carbocycles. The third kappa shape index (κ3) is 6.19. The summed E-state index contributed by atoms with van der Waals surface area (Å²) < 4.78 is 2.47. The molecule has 1 unspecified atom stereocenters. The second kappa shape index (κ2) is 15.0. The van der Waals surface area contributed by atoms with Crippen molar-refractivity contribution in [3.8, 4) is 27.9 Å². The lowest BCUT2D eigenvalue weighted by Gasteiger charge is -2.29. The van der Waals surface area contributed by atoms with Crippen LogP contribution in [-0.2, 0) is 0 Å². The molecular weight excluding hydrogens is 749 g/mol. The molecule has 292 valence electrons. The maximum absolute atomic E-state index is 2.47. The molecule has 62 heavy (non-hydrogen) atoms. The van der Waals surface area contributed by atoms with E-state index >= 15 is 0 Å². The lowest BCUT2D eigenvalue weighted by Crippen LogP contribution is -2.12. The predicted octanol–water partition coefficient (Wildman–Crippen LogP) is 16.4. The van der Waals surface area contributed by atoms with Gasteiger partial charge in [-0.2, -0.15) is 0 Å². The van der Waals surface area contributed by atoms with Crippen LogP contribution in [0.1, 0.15) is 29.2 Å². The van der Waals surface area contributed by atoms with Gasteiger partial charge in [-0.25, -0.2) is 0 Å². The number of para-hydroxylation sites is 1. The molecule has 1 aromatic heterocycles. The topological polar surface area (TPSA) is 8.17 Å². The number of rotatable bonds is 7. The Hall–Kier alpha value is -7.94. The molecule has 0 saturated heterocycles. The molecule has 0 spiro atoms. The summed E-state index contributed by atoms with van der Waals surface area (Å²) in [4.78, 5) is 2.47. The van der Waals surface area contributed by atoms with Gasteiger partial charge in [-0.05, 0) is 145 Å². The molecule has 11 aromatic rings. The van der Waals surface area contributed by atoms with Gasteiger partial charge in [0.15, 0.2) is 0 Å². The number of nitrogens with zero attached hydrogens (tertiary/aromatic N) is 2. The molecule has 1 aliphatic carbocycles. The molecule has 1 atom stereocenters. The van der Waals surface area contributed by atoms with E-state index in [0.29, 0.717) is 0 Å². The summed E-state index contributed by atoms with van der Waals surface area (Å²) in [6, 6.07) is 82.5. The molecule has 0 amide bonds. The zero-order valence-corrected chi connectivity index (χ0v) is 34.2. The summed E-state index contributed by atoms with van der Waals surface area (Å²) in [7, 11) is 0. The molecule has 1 aliphatic rings. The van der Waals surface area contributed by atoms with Crippen molar-refractivity contribution in [2.24, 2.45) is 0 Å². The number of benzene rings is 10. The van der Waals surface area contributed by atoms with Crippen molar-refractivity contribution in [3.63, 3.8) is 0 Å². The predicted molar refractivity (Wildman–Crippen MR) is 263 cm³/mol. The van der Waals surface area contributed by atoms with Crippen molar-refractivity contribution in [1.82, 2.24) is 4.57 Å². The third-order valence-corrected chi connectivity index (χ3v) is 12.8. The van der Waals surface area contributed by atoms with Gasteiger partial charge >= 0.3 is 0 Å². The summed E-state index contributed by atoms with van der Waals surface area (Å²) in [5, 5.41) is 8.82. The lowest BCUT2D eigenvalue weighted by molar-refractivity contribution is 0.819. The van der Waals surface area contributed by atoms with E-state index in [1.165, 1.54) is 88.0 Å². The van der Waals surface area contributed by atoms with Crippen molar-refractivity contribution >= 4 is 66.4 Å².